The van der Waals surface area contributed by atoms with Gasteiger partial charge in [-0.1, -0.05) is 19.3 Å². The Labute approximate surface area is 113 Å². The summed E-state index contributed by atoms with van der Waals surface area (Å²) >= 11 is 1.99. The van der Waals surface area contributed by atoms with Gasteiger partial charge in [0.15, 0.2) is 0 Å². The van der Waals surface area contributed by atoms with Gasteiger partial charge < -0.3 is 0 Å². The summed E-state index contributed by atoms with van der Waals surface area (Å²) in [6.45, 7) is 0.998. The summed E-state index contributed by atoms with van der Waals surface area (Å²) in [6, 6.07) is 4.24. The quantitative estimate of drug-likeness (QED) is 0.818. The zero-order chi connectivity index (χ0) is 12.2. The molecule has 3 heteroatoms. The zero-order valence-corrected chi connectivity index (χ0v) is 11.6. The number of pyridine rings is 1. The first-order valence-electron chi connectivity index (χ1n) is 7.09. The molecule has 0 bridgehead atoms. The van der Waals surface area contributed by atoms with Crippen molar-refractivity contribution in [3.63, 3.8) is 0 Å². The lowest BCUT2D eigenvalue weighted by Crippen LogP contribution is -2.10. The second-order valence-electron chi connectivity index (χ2n) is 5.17. The Bertz CT molecular complexity index is 436. The fourth-order valence-electron chi connectivity index (χ4n) is 2.80. The van der Waals surface area contributed by atoms with Crippen molar-refractivity contribution in [2.45, 2.75) is 55.2 Å². The third kappa shape index (κ3) is 2.77. The topological polar surface area (TPSA) is 25.2 Å². The highest BCUT2D eigenvalue weighted by Crippen LogP contribution is 2.34. The second-order valence-corrected chi connectivity index (χ2v) is 6.46. The molecule has 0 atom stereocenters. The Balaban J connectivity index is 1.78. The van der Waals surface area contributed by atoms with Gasteiger partial charge in [0.05, 0.1) is 0 Å². The van der Waals surface area contributed by atoms with Gasteiger partial charge in [0.2, 0.25) is 0 Å². The standard InChI is InChI=1S/C15H20N2S/c1-2-6-12(7-3-1)18-15-13(8-4-11-17-15)14-9-5-10-16-14/h4,8,11-12H,1-3,5-7,9-10H2. The number of thioether (sulfide) groups is 1. The molecule has 1 fully saturated rings. The van der Waals surface area contributed by atoms with Gasteiger partial charge in [-0.05, 0) is 37.8 Å². The number of aromatic nitrogens is 1. The molecule has 2 aliphatic rings. The van der Waals surface area contributed by atoms with Crippen LogP contribution in [0.5, 0.6) is 0 Å². The zero-order valence-electron chi connectivity index (χ0n) is 10.8. The first-order valence-corrected chi connectivity index (χ1v) is 7.97. The van der Waals surface area contributed by atoms with Gasteiger partial charge >= 0.3 is 0 Å². The summed E-state index contributed by atoms with van der Waals surface area (Å²) in [7, 11) is 0. The molecule has 18 heavy (non-hydrogen) atoms. The highest BCUT2D eigenvalue weighted by Gasteiger charge is 2.19. The summed E-state index contributed by atoms with van der Waals surface area (Å²) in [4.78, 5) is 9.22. The molecule has 0 aromatic carbocycles. The summed E-state index contributed by atoms with van der Waals surface area (Å²) in [5.74, 6) is 0. The van der Waals surface area contributed by atoms with Crippen LogP contribution < -0.4 is 0 Å². The number of rotatable bonds is 3. The van der Waals surface area contributed by atoms with Crippen molar-refractivity contribution in [1.29, 1.82) is 0 Å². The van der Waals surface area contributed by atoms with E-state index in [4.69, 9.17) is 0 Å². The van der Waals surface area contributed by atoms with Gasteiger partial charge in [0, 0.05) is 29.3 Å². The molecule has 1 aliphatic carbocycles. The van der Waals surface area contributed by atoms with Crippen LogP contribution >= 0.6 is 11.8 Å². The lowest BCUT2D eigenvalue weighted by atomic mass is 10.0. The van der Waals surface area contributed by atoms with Crippen molar-refractivity contribution in [2.75, 3.05) is 6.54 Å². The van der Waals surface area contributed by atoms with E-state index >= 15 is 0 Å². The first-order chi connectivity index (χ1) is 8.93. The van der Waals surface area contributed by atoms with E-state index in [0.717, 1.165) is 18.2 Å². The maximum absolute atomic E-state index is 4.62. The molecule has 0 N–H and O–H groups in total. The van der Waals surface area contributed by atoms with Crippen molar-refractivity contribution >= 4 is 17.5 Å². The van der Waals surface area contributed by atoms with E-state index in [1.807, 2.05) is 24.0 Å². The largest absolute Gasteiger partial charge is 0.289 e. The second kappa shape index (κ2) is 5.87. The van der Waals surface area contributed by atoms with E-state index in [1.165, 1.54) is 54.8 Å². The van der Waals surface area contributed by atoms with Gasteiger partial charge in [-0.15, -0.1) is 11.8 Å². The minimum absolute atomic E-state index is 0.773. The van der Waals surface area contributed by atoms with E-state index in [-0.39, 0.29) is 0 Å². The van der Waals surface area contributed by atoms with E-state index in [9.17, 15) is 0 Å². The third-order valence-corrected chi connectivity index (χ3v) is 5.14. The van der Waals surface area contributed by atoms with Crippen LogP contribution in [0.15, 0.2) is 28.3 Å². The summed E-state index contributed by atoms with van der Waals surface area (Å²) < 4.78 is 0. The average Bonchev–Trinajstić information content (AvgIpc) is 2.94. The van der Waals surface area contributed by atoms with Crippen LogP contribution in [0.4, 0.5) is 0 Å². The Morgan fingerprint density at radius 3 is 2.78 bits per heavy atom. The van der Waals surface area contributed by atoms with Crippen LogP contribution in [0.2, 0.25) is 0 Å². The molecule has 2 nitrogen and oxygen atoms in total. The Hall–Kier alpha value is -0.830. The Kier molecular flexibility index (Phi) is 3.99. The smallest absolute Gasteiger partial charge is 0.105 e. The van der Waals surface area contributed by atoms with Crippen LogP contribution in [0.1, 0.15) is 50.5 Å². The molecular weight excluding hydrogens is 240 g/mol. The highest BCUT2D eigenvalue weighted by molar-refractivity contribution is 7.99. The van der Waals surface area contributed by atoms with Crippen molar-refractivity contribution in [2.24, 2.45) is 4.99 Å². The number of hydrogen-bond donors (Lipinski definition) is 0. The lowest BCUT2D eigenvalue weighted by molar-refractivity contribution is 0.515. The summed E-state index contributed by atoms with van der Waals surface area (Å²) in [5.41, 5.74) is 2.58. The van der Waals surface area contributed by atoms with E-state index in [1.54, 1.807) is 0 Å². The Morgan fingerprint density at radius 2 is 2.00 bits per heavy atom. The first kappa shape index (κ1) is 12.2. The molecule has 0 radical (unpaired) electrons. The molecule has 1 aliphatic heterocycles. The average molecular weight is 260 g/mol. The third-order valence-electron chi connectivity index (χ3n) is 3.79. The molecule has 1 aromatic rings. The molecule has 0 spiro atoms. The molecule has 96 valence electrons. The number of hydrogen-bond acceptors (Lipinski definition) is 3. The van der Waals surface area contributed by atoms with Crippen LogP contribution in [0, 0.1) is 0 Å². The van der Waals surface area contributed by atoms with E-state index < -0.39 is 0 Å². The summed E-state index contributed by atoms with van der Waals surface area (Å²) in [5, 5.41) is 1.99. The fraction of sp³-hybridized carbons (Fsp3) is 0.600. The van der Waals surface area contributed by atoms with Gasteiger partial charge in [0.25, 0.3) is 0 Å². The predicted molar refractivity (Wildman–Crippen MR) is 77.6 cm³/mol. The predicted octanol–water partition coefficient (Wildman–Crippen LogP) is 4.09. The monoisotopic (exact) mass is 260 g/mol. The van der Waals surface area contributed by atoms with Gasteiger partial charge in [-0.25, -0.2) is 4.98 Å². The van der Waals surface area contributed by atoms with Crippen molar-refractivity contribution in [3.8, 4) is 0 Å². The molecule has 0 saturated heterocycles. The van der Waals surface area contributed by atoms with Crippen LogP contribution in [-0.2, 0) is 0 Å². The molecule has 1 saturated carbocycles. The van der Waals surface area contributed by atoms with Crippen LogP contribution in [0.3, 0.4) is 0 Å². The minimum Gasteiger partial charge on any atom is -0.289 e. The minimum atomic E-state index is 0.773. The van der Waals surface area contributed by atoms with E-state index in [0.29, 0.717) is 0 Å². The molecule has 1 aromatic heterocycles. The molecule has 3 rings (SSSR count). The van der Waals surface area contributed by atoms with Gasteiger partial charge in [0.1, 0.15) is 5.03 Å². The molecule has 2 heterocycles. The normalized spacial score (nSPS) is 21.0. The molecule has 0 unspecified atom stereocenters. The fourth-order valence-corrected chi connectivity index (χ4v) is 4.12. The van der Waals surface area contributed by atoms with Crippen LogP contribution in [0.25, 0.3) is 0 Å². The maximum atomic E-state index is 4.62. The maximum Gasteiger partial charge on any atom is 0.105 e. The van der Waals surface area contributed by atoms with Gasteiger partial charge in [-0.2, -0.15) is 0 Å². The van der Waals surface area contributed by atoms with Gasteiger partial charge in [-0.3, -0.25) is 4.99 Å². The molecule has 0 amide bonds. The highest BCUT2D eigenvalue weighted by atomic mass is 32.2. The Morgan fingerprint density at radius 1 is 1.11 bits per heavy atom. The summed E-state index contributed by atoms with van der Waals surface area (Å²) in [6.07, 6.45) is 11.2. The van der Waals surface area contributed by atoms with Crippen molar-refractivity contribution < 1.29 is 0 Å². The SMILES string of the molecule is c1cnc(SC2CCCCC2)c(C2=NCCC2)c1. The number of aliphatic imine (C=N–C) groups is 1. The van der Waals surface area contributed by atoms with Crippen molar-refractivity contribution in [1.82, 2.24) is 4.98 Å². The van der Waals surface area contributed by atoms with Crippen LogP contribution in [-0.4, -0.2) is 22.5 Å². The van der Waals surface area contributed by atoms with Crippen molar-refractivity contribution in [3.05, 3.63) is 23.9 Å². The molecular formula is C15H20N2S. The lowest BCUT2D eigenvalue weighted by Gasteiger charge is -2.21. The number of nitrogens with zero attached hydrogens (tertiary/aromatic N) is 2. The van der Waals surface area contributed by atoms with E-state index in [2.05, 4.69) is 16.0 Å².